The molecule has 0 aliphatic heterocycles. The summed E-state index contributed by atoms with van der Waals surface area (Å²) in [6, 6.07) is 5.49. The second-order valence-electron chi connectivity index (χ2n) is 4.70. The maximum Gasteiger partial charge on any atom is 0.227 e. The molecule has 0 heterocycles. The van der Waals surface area contributed by atoms with Gasteiger partial charge in [0.2, 0.25) is 5.91 Å². The van der Waals surface area contributed by atoms with Gasteiger partial charge in [0.1, 0.15) is 11.5 Å². The van der Waals surface area contributed by atoms with E-state index in [4.69, 9.17) is 9.47 Å². The molecule has 1 N–H and O–H groups in total. The predicted octanol–water partition coefficient (Wildman–Crippen LogP) is 3.86. The van der Waals surface area contributed by atoms with E-state index in [1.165, 1.54) is 0 Å². The number of hydrogen-bond donors (Lipinski definition) is 1. The molecule has 0 bridgehead atoms. The minimum atomic E-state index is -0.00905. The van der Waals surface area contributed by atoms with E-state index in [0.717, 1.165) is 18.6 Å². The fourth-order valence-electron chi connectivity index (χ4n) is 1.96. The van der Waals surface area contributed by atoms with Gasteiger partial charge in [-0.05, 0) is 32.4 Å². The van der Waals surface area contributed by atoms with E-state index >= 15 is 0 Å². The molecular weight excluding hydrogens is 254 g/mol. The first-order chi connectivity index (χ1) is 9.62. The van der Waals surface area contributed by atoms with Gasteiger partial charge in [-0.2, -0.15) is 0 Å². The van der Waals surface area contributed by atoms with Crippen LogP contribution in [0.4, 0.5) is 5.69 Å². The monoisotopic (exact) mass is 279 g/mol. The van der Waals surface area contributed by atoms with Crippen LogP contribution in [-0.2, 0) is 4.79 Å². The molecule has 0 spiro atoms. The Bertz CT molecular complexity index is 432. The van der Waals surface area contributed by atoms with Gasteiger partial charge in [0.05, 0.1) is 18.9 Å². The molecular formula is C16H25NO3. The van der Waals surface area contributed by atoms with Crippen LogP contribution in [0.2, 0.25) is 0 Å². The number of rotatable bonds is 8. The van der Waals surface area contributed by atoms with Crippen molar-refractivity contribution in [3.05, 3.63) is 18.2 Å². The zero-order valence-electron chi connectivity index (χ0n) is 12.9. The Labute approximate surface area is 121 Å². The normalized spacial score (nSPS) is 11.8. The molecule has 0 saturated heterocycles. The molecule has 1 aromatic carbocycles. The summed E-state index contributed by atoms with van der Waals surface area (Å²) in [5.41, 5.74) is 0.672. The van der Waals surface area contributed by atoms with Crippen LogP contribution in [0.1, 0.15) is 40.5 Å². The Hall–Kier alpha value is -1.71. The molecule has 0 aliphatic carbocycles. The number of carbonyl (C=O) groups excluding carboxylic acids is 1. The lowest BCUT2D eigenvalue weighted by Crippen LogP contribution is -2.20. The Morgan fingerprint density at radius 3 is 2.50 bits per heavy atom. The van der Waals surface area contributed by atoms with Crippen LogP contribution in [0.25, 0.3) is 0 Å². The third-order valence-corrected chi connectivity index (χ3v) is 2.99. The highest BCUT2D eigenvalue weighted by molar-refractivity contribution is 5.94. The lowest BCUT2D eigenvalue weighted by atomic mass is 10.1. The van der Waals surface area contributed by atoms with Gasteiger partial charge in [0.15, 0.2) is 0 Å². The number of ether oxygens (including phenoxy) is 2. The molecule has 112 valence electrons. The molecule has 1 unspecified atom stereocenters. The molecule has 1 rings (SSSR count). The highest BCUT2D eigenvalue weighted by Gasteiger charge is 2.15. The molecule has 1 amide bonds. The van der Waals surface area contributed by atoms with Gasteiger partial charge in [0.25, 0.3) is 0 Å². The van der Waals surface area contributed by atoms with Gasteiger partial charge >= 0.3 is 0 Å². The van der Waals surface area contributed by atoms with E-state index in [-0.39, 0.29) is 11.8 Å². The van der Waals surface area contributed by atoms with Crippen molar-refractivity contribution in [3.63, 3.8) is 0 Å². The Balaban J connectivity index is 2.88. The minimum Gasteiger partial charge on any atom is -0.494 e. The number of amides is 1. The van der Waals surface area contributed by atoms with Gasteiger partial charge in [-0.25, -0.2) is 0 Å². The molecule has 20 heavy (non-hydrogen) atoms. The second-order valence-corrected chi connectivity index (χ2v) is 4.70. The molecule has 0 aliphatic rings. The molecule has 1 atom stereocenters. The summed E-state index contributed by atoms with van der Waals surface area (Å²) in [4.78, 5) is 12.1. The summed E-state index contributed by atoms with van der Waals surface area (Å²) >= 11 is 0. The number of anilines is 1. The third kappa shape index (κ3) is 4.76. The SMILES string of the molecule is CCCC(C)C(=O)Nc1cc(OCC)ccc1OCC. The van der Waals surface area contributed by atoms with Crippen molar-refractivity contribution in [1.82, 2.24) is 0 Å². The number of carbonyl (C=O) groups is 1. The van der Waals surface area contributed by atoms with Crippen LogP contribution >= 0.6 is 0 Å². The first-order valence-corrected chi connectivity index (χ1v) is 7.32. The van der Waals surface area contributed by atoms with E-state index in [1.807, 2.05) is 39.0 Å². The topological polar surface area (TPSA) is 47.6 Å². The van der Waals surface area contributed by atoms with Crippen molar-refractivity contribution < 1.29 is 14.3 Å². The molecule has 0 fully saturated rings. The van der Waals surface area contributed by atoms with E-state index < -0.39 is 0 Å². The smallest absolute Gasteiger partial charge is 0.227 e. The quantitative estimate of drug-likeness (QED) is 0.786. The van der Waals surface area contributed by atoms with Crippen molar-refractivity contribution >= 4 is 11.6 Å². The molecule has 0 aromatic heterocycles. The van der Waals surface area contributed by atoms with Crippen molar-refractivity contribution in [2.45, 2.75) is 40.5 Å². The average Bonchev–Trinajstić information content (AvgIpc) is 2.42. The number of nitrogens with one attached hydrogen (secondary N) is 1. The average molecular weight is 279 g/mol. The van der Waals surface area contributed by atoms with Crippen LogP contribution in [-0.4, -0.2) is 19.1 Å². The predicted molar refractivity (Wildman–Crippen MR) is 81.5 cm³/mol. The standard InChI is InChI=1S/C16H25NO3/c1-5-8-12(4)16(18)17-14-11-13(19-6-2)9-10-15(14)20-7-3/h9-12H,5-8H2,1-4H3,(H,17,18). The van der Waals surface area contributed by atoms with Gasteiger partial charge in [-0.3, -0.25) is 4.79 Å². The summed E-state index contributed by atoms with van der Waals surface area (Å²) in [7, 11) is 0. The Morgan fingerprint density at radius 1 is 1.20 bits per heavy atom. The molecule has 1 aromatic rings. The summed E-state index contributed by atoms with van der Waals surface area (Å²) in [5, 5.41) is 2.93. The lowest BCUT2D eigenvalue weighted by Gasteiger charge is -2.16. The van der Waals surface area contributed by atoms with E-state index in [1.54, 1.807) is 0 Å². The van der Waals surface area contributed by atoms with Crippen molar-refractivity contribution in [2.75, 3.05) is 18.5 Å². The van der Waals surface area contributed by atoms with E-state index in [2.05, 4.69) is 12.2 Å². The van der Waals surface area contributed by atoms with Gasteiger partial charge in [-0.15, -0.1) is 0 Å². The van der Waals surface area contributed by atoms with Gasteiger partial charge < -0.3 is 14.8 Å². The summed E-state index contributed by atoms with van der Waals surface area (Å²) in [5.74, 6) is 1.41. The Kier molecular flexibility index (Phi) is 6.91. The number of benzene rings is 1. The molecule has 4 nitrogen and oxygen atoms in total. The van der Waals surface area contributed by atoms with Crippen LogP contribution in [0, 0.1) is 5.92 Å². The molecule has 0 radical (unpaired) electrons. The fourth-order valence-corrected chi connectivity index (χ4v) is 1.96. The summed E-state index contributed by atoms with van der Waals surface area (Å²) < 4.78 is 11.0. The number of hydrogen-bond acceptors (Lipinski definition) is 3. The molecule has 4 heteroatoms. The zero-order valence-corrected chi connectivity index (χ0v) is 12.9. The van der Waals surface area contributed by atoms with Crippen LogP contribution in [0.15, 0.2) is 18.2 Å². The maximum absolute atomic E-state index is 12.1. The Morgan fingerprint density at radius 2 is 1.90 bits per heavy atom. The van der Waals surface area contributed by atoms with Crippen LogP contribution in [0.5, 0.6) is 11.5 Å². The highest BCUT2D eigenvalue weighted by Crippen LogP contribution is 2.30. The van der Waals surface area contributed by atoms with Crippen molar-refractivity contribution in [3.8, 4) is 11.5 Å². The summed E-state index contributed by atoms with van der Waals surface area (Å²) in [6.07, 6.45) is 1.87. The maximum atomic E-state index is 12.1. The van der Waals surface area contributed by atoms with Crippen LogP contribution < -0.4 is 14.8 Å². The van der Waals surface area contributed by atoms with Gasteiger partial charge in [-0.1, -0.05) is 20.3 Å². The fraction of sp³-hybridized carbons (Fsp3) is 0.562. The van der Waals surface area contributed by atoms with Crippen LogP contribution in [0.3, 0.4) is 0 Å². The zero-order chi connectivity index (χ0) is 15.0. The van der Waals surface area contributed by atoms with E-state index in [9.17, 15) is 4.79 Å². The van der Waals surface area contributed by atoms with Gasteiger partial charge in [0, 0.05) is 12.0 Å². The largest absolute Gasteiger partial charge is 0.494 e. The lowest BCUT2D eigenvalue weighted by molar-refractivity contribution is -0.119. The minimum absolute atomic E-state index is 0.00905. The first kappa shape index (κ1) is 16.3. The highest BCUT2D eigenvalue weighted by atomic mass is 16.5. The summed E-state index contributed by atoms with van der Waals surface area (Å²) in [6.45, 7) is 9.01. The van der Waals surface area contributed by atoms with E-state index in [0.29, 0.717) is 24.7 Å². The van der Waals surface area contributed by atoms with Crippen molar-refractivity contribution in [1.29, 1.82) is 0 Å². The van der Waals surface area contributed by atoms with Crippen molar-refractivity contribution in [2.24, 2.45) is 5.92 Å². The molecule has 0 saturated carbocycles. The first-order valence-electron chi connectivity index (χ1n) is 7.32. The third-order valence-electron chi connectivity index (χ3n) is 2.99. The second kappa shape index (κ2) is 8.46.